The SMILES string of the molecule is O=C(/C=C/c1ccccc1)N[C@@H]1CCCC[C@@H]1C(=O)N1CC[C@H]2[C@H](c3ccccc3)Nc3ccccc3[C@@H]21. The summed E-state index contributed by atoms with van der Waals surface area (Å²) < 4.78 is 0. The molecule has 3 aromatic carbocycles. The minimum Gasteiger partial charge on any atom is -0.378 e. The van der Waals surface area contributed by atoms with Gasteiger partial charge in [-0.15, -0.1) is 0 Å². The van der Waals surface area contributed by atoms with Crippen molar-refractivity contribution in [2.45, 2.75) is 50.2 Å². The lowest BCUT2D eigenvalue weighted by Gasteiger charge is -2.42. The standard InChI is InChI=1S/C33H35N3O2/c37-30(20-19-23-11-3-1-4-12-23)34-29-18-10-8-16-26(29)33(38)36-22-21-27-31(24-13-5-2-6-14-24)35-28-17-9-7-15-25(28)32(27)36/h1-7,9,11-15,17,19-20,26-27,29,31-32,35H,8,10,16,18,21-22H2,(H,34,37)/b20-19+/t26-,27-,29+,31-,32-/m0/s1. The van der Waals surface area contributed by atoms with E-state index in [1.165, 1.54) is 11.1 Å². The zero-order valence-corrected chi connectivity index (χ0v) is 21.6. The Hall–Kier alpha value is -3.86. The molecule has 1 saturated carbocycles. The molecule has 0 unspecified atom stereocenters. The molecule has 0 aromatic heterocycles. The van der Waals surface area contributed by atoms with Gasteiger partial charge in [0.2, 0.25) is 11.8 Å². The zero-order chi connectivity index (χ0) is 25.9. The van der Waals surface area contributed by atoms with E-state index in [-0.39, 0.29) is 35.9 Å². The third kappa shape index (κ3) is 4.85. The van der Waals surface area contributed by atoms with E-state index in [2.05, 4.69) is 70.1 Å². The largest absolute Gasteiger partial charge is 0.378 e. The van der Waals surface area contributed by atoms with Gasteiger partial charge in [-0.05, 0) is 48.1 Å². The van der Waals surface area contributed by atoms with Crippen LogP contribution in [0.2, 0.25) is 0 Å². The molecule has 0 radical (unpaired) electrons. The van der Waals surface area contributed by atoms with Gasteiger partial charge in [-0.2, -0.15) is 0 Å². The predicted molar refractivity (Wildman–Crippen MR) is 151 cm³/mol. The number of carbonyl (C=O) groups is 2. The number of hydrogen-bond donors (Lipinski definition) is 2. The third-order valence-electron chi connectivity index (χ3n) is 8.54. The number of nitrogens with one attached hydrogen (secondary N) is 2. The molecule has 0 spiro atoms. The average Bonchev–Trinajstić information content (AvgIpc) is 3.42. The van der Waals surface area contributed by atoms with Crippen LogP contribution >= 0.6 is 0 Å². The smallest absolute Gasteiger partial charge is 0.244 e. The molecule has 194 valence electrons. The Bertz CT molecular complexity index is 1310. The van der Waals surface area contributed by atoms with Crippen molar-refractivity contribution in [2.75, 3.05) is 11.9 Å². The first-order valence-electron chi connectivity index (χ1n) is 13.9. The average molecular weight is 506 g/mol. The Balaban J connectivity index is 1.23. The number of fused-ring (bicyclic) bond motifs is 3. The van der Waals surface area contributed by atoms with Crippen molar-refractivity contribution in [3.8, 4) is 0 Å². The van der Waals surface area contributed by atoms with Crippen molar-refractivity contribution in [3.63, 3.8) is 0 Å². The van der Waals surface area contributed by atoms with Gasteiger partial charge in [0.25, 0.3) is 0 Å². The van der Waals surface area contributed by atoms with E-state index in [1.807, 2.05) is 36.4 Å². The number of para-hydroxylation sites is 1. The number of hydrogen-bond acceptors (Lipinski definition) is 3. The van der Waals surface area contributed by atoms with Crippen LogP contribution in [0.1, 0.15) is 60.9 Å². The summed E-state index contributed by atoms with van der Waals surface area (Å²) in [6.07, 6.45) is 8.10. The van der Waals surface area contributed by atoms with Crippen molar-refractivity contribution < 1.29 is 9.59 Å². The molecule has 3 aliphatic rings. The first kappa shape index (κ1) is 24.5. The van der Waals surface area contributed by atoms with Crippen LogP contribution in [-0.2, 0) is 9.59 Å². The van der Waals surface area contributed by atoms with Gasteiger partial charge in [0.15, 0.2) is 0 Å². The Morgan fingerprint density at radius 1 is 0.842 bits per heavy atom. The summed E-state index contributed by atoms with van der Waals surface area (Å²) in [6, 6.07) is 28.9. The molecule has 38 heavy (non-hydrogen) atoms. The highest BCUT2D eigenvalue weighted by Crippen LogP contribution is 2.51. The highest BCUT2D eigenvalue weighted by molar-refractivity contribution is 5.92. The van der Waals surface area contributed by atoms with Crippen LogP contribution in [0.3, 0.4) is 0 Å². The molecule has 1 aliphatic carbocycles. The van der Waals surface area contributed by atoms with Crippen molar-refractivity contribution in [3.05, 3.63) is 108 Å². The Labute approximate surface area is 224 Å². The zero-order valence-electron chi connectivity index (χ0n) is 21.6. The lowest BCUT2D eigenvalue weighted by molar-refractivity contribution is -0.139. The molecule has 2 aliphatic heterocycles. The molecule has 1 saturated heterocycles. The van der Waals surface area contributed by atoms with Crippen LogP contribution in [0.4, 0.5) is 5.69 Å². The lowest BCUT2D eigenvalue weighted by atomic mass is 9.79. The fourth-order valence-electron chi connectivity index (χ4n) is 6.74. The van der Waals surface area contributed by atoms with Gasteiger partial charge < -0.3 is 15.5 Å². The number of amides is 2. The number of nitrogens with zero attached hydrogens (tertiary/aromatic N) is 1. The summed E-state index contributed by atoms with van der Waals surface area (Å²) in [4.78, 5) is 29.2. The van der Waals surface area contributed by atoms with E-state index < -0.39 is 0 Å². The van der Waals surface area contributed by atoms with Crippen LogP contribution in [-0.4, -0.2) is 29.3 Å². The molecule has 3 aromatic rings. The van der Waals surface area contributed by atoms with E-state index in [1.54, 1.807) is 6.08 Å². The molecule has 5 heteroatoms. The van der Waals surface area contributed by atoms with Crippen molar-refractivity contribution in [2.24, 2.45) is 11.8 Å². The molecular weight excluding hydrogens is 470 g/mol. The summed E-state index contributed by atoms with van der Waals surface area (Å²) in [5, 5.41) is 6.97. The van der Waals surface area contributed by atoms with Crippen LogP contribution in [0.5, 0.6) is 0 Å². The van der Waals surface area contributed by atoms with Gasteiger partial charge in [-0.3, -0.25) is 9.59 Å². The number of rotatable bonds is 5. The van der Waals surface area contributed by atoms with E-state index in [0.29, 0.717) is 5.92 Å². The van der Waals surface area contributed by atoms with Gasteiger partial charge in [0.1, 0.15) is 0 Å². The predicted octanol–water partition coefficient (Wildman–Crippen LogP) is 6.13. The monoisotopic (exact) mass is 505 g/mol. The normalized spacial score (nSPS) is 26.3. The molecule has 6 rings (SSSR count). The van der Waals surface area contributed by atoms with Crippen molar-refractivity contribution in [1.82, 2.24) is 10.2 Å². The van der Waals surface area contributed by atoms with Crippen LogP contribution in [0, 0.1) is 11.8 Å². The number of benzene rings is 3. The van der Waals surface area contributed by atoms with Gasteiger partial charge >= 0.3 is 0 Å². The van der Waals surface area contributed by atoms with E-state index in [4.69, 9.17) is 0 Å². The van der Waals surface area contributed by atoms with Gasteiger partial charge in [0, 0.05) is 30.3 Å². The molecule has 2 heterocycles. The topological polar surface area (TPSA) is 61.4 Å². The molecule has 2 amide bonds. The van der Waals surface area contributed by atoms with E-state index in [9.17, 15) is 9.59 Å². The van der Waals surface area contributed by atoms with Crippen molar-refractivity contribution >= 4 is 23.6 Å². The Kier molecular flexibility index (Phi) is 7.00. The van der Waals surface area contributed by atoms with E-state index in [0.717, 1.165) is 49.9 Å². The van der Waals surface area contributed by atoms with E-state index >= 15 is 0 Å². The second kappa shape index (κ2) is 10.9. The van der Waals surface area contributed by atoms with Crippen molar-refractivity contribution in [1.29, 1.82) is 0 Å². The minimum absolute atomic E-state index is 0.0430. The van der Waals surface area contributed by atoms with Crippen LogP contribution < -0.4 is 10.6 Å². The molecule has 2 N–H and O–H groups in total. The first-order valence-corrected chi connectivity index (χ1v) is 13.9. The Morgan fingerprint density at radius 2 is 1.55 bits per heavy atom. The molecule has 5 atom stereocenters. The third-order valence-corrected chi connectivity index (χ3v) is 8.54. The molecular formula is C33H35N3O2. The quantitative estimate of drug-likeness (QED) is 0.410. The summed E-state index contributed by atoms with van der Waals surface area (Å²) in [7, 11) is 0. The van der Waals surface area contributed by atoms with Gasteiger partial charge in [-0.25, -0.2) is 0 Å². The summed E-state index contributed by atoms with van der Waals surface area (Å²) in [5.74, 6) is 0.183. The highest BCUT2D eigenvalue weighted by atomic mass is 16.2. The second-order valence-corrected chi connectivity index (χ2v) is 10.8. The Morgan fingerprint density at radius 3 is 2.37 bits per heavy atom. The maximum atomic E-state index is 14.2. The maximum absolute atomic E-state index is 14.2. The lowest BCUT2D eigenvalue weighted by Crippen LogP contribution is -2.49. The fourth-order valence-corrected chi connectivity index (χ4v) is 6.74. The van der Waals surface area contributed by atoms with Gasteiger partial charge in [0.05, 0.1) is 18.0 Å². The highest BCUT2D eigenvalue weighted by Gasteiger charge is 2.48. The summed E-state index contributed by atoms with van der Waals surface area (Å²) in [5.41, 5.74) is 4.57. The molecule has 2 fully saturated rings. The van der Waals surface area contributed by atoms with Crippen LogP contribution in [0.25, 0.3) is 6.08 Å². The number of likely N-dealkylation sites (tertiary alicyclic amines) is 1. The number of carbonyl (C=O) groups excluding carboxylic acids is 2. The summed E-state index contributed by atoms with van der Waals surface area (Å²) >= 11 is 0. The molecule has 5 nitrogen and oxygen atoms in total. The van der Waals surface area contributed by atoms with Crippen LogP contribution in [0.15, 0.2) is 91.0 Å². The van der Waals surface area contributed by atoms with Gasteiger partial charge in [-0.1, -0.05) is 91.7 Å². The second-order valence-electron chi connectivity index (χ2n) is 10.8. The fraction of sp³-hybridized carbons (Fsp3) is 0.333. The maximum Gasteiger partial charge on any atom is 0.244 e. The number of anilines is 1. The molecule has 0 bridgehead atoms. The summed E-state index contributed by atoms with van der Waals surface area (Å²) in [6.45, 7) is 0.749. The first-order chi connectivity index (χ1) is 18.7. The minimum atomic E-state index is -0.186.